The van der Waals surface area contributed by atoms with E-state index >= 15 is 0 Å². The summed E-state index contributed by atoms with van der Waals surface area (Å²) < 4.78 is 10.3. The van der Waals surface area contributed by atoms with Crippen molar-refractivity contribution in [3.05, 3.63) is 34.5 Å². The third kappa shape index (κ3) is 2.04. The van der Waals surface area contributed by atoms with Crippen LogP contribution >= 0.6 is 11.3 Å². The highest BCUT2D eigenvalue weighted by Crippen LogP contribution is 2.36. The minimum atomic E-state index is -0.00718. The standard InChI is InChI=1S/C14H12N2O3S/c1-8-6-20-7-10(8)13-15-14(19-16-13)9-4-3-5-11(18-2)12(9)17/h3-7,17H,1-2H3. The van der Waals surface area contributed by atoms with Gasteiger partial charge in [-0.2, -0.15) is 16.3 Å². The number of benzene rings is 1. The molecule has 6 heteroatoms. The zero-order valence-corrected chi connectivity index (χ0v) is 11.8. The summed E-state index contributed by atoms with van der Waals surface area (Å²) in [6.45, 7) is 1.99. The van der Waals surface area contributed by atoms with Gasteiger partial charge in [0.2, 0.25) is 5.82 Å². The minimum Gasteiger partial charge on any atom is -0.504 e. The molecule has 0 aliphatic carbocycles. The molecule has 0 saturated carbocycles. The zero-order valence-electron chi connectivity index (χ0n) is 11.0. The van der Waals surface area contributed by atoms with Crippen LogP contribution in [0.2, 0.25) is 0 Å². The van der Waals surface area contributed by atoms with Gasteiger partial charge in [0, 0.05) is 10.9 Å². The lowest BCUT2D eigenvalue weighted by Gasteiger charge is -2.04. The average molecular weight is 288 g/mol. The number of aryl methyl sites for hydroxylation is 1. The van der Waals surface area contributed by atoms with Gasteiger partial charge in [-0.05, 0) is 30.0 Å². The van der Waals surface area contributed by atoms with E-state index in [1.807, 2.05) is 17.7 Å². The van der Waals surface area contributed by atoms with E-state index in [-0.39, 0.29) is 11.6 Å². The Morgan fingerprint density at radius 1 is 1.25 bits per heavy atom. The fraction of sp³-hybridized carbons (Fsp3) is 0.143. The predicted molar refractivity (Wildman–Crippen MR) is 76.0 cm³/mol. The molecule has 0 bridgehead atoms. The van der Waals surface area contributed by atoms with Crippen molar-refractivity contribution in [2.24, 2.45) is 0 Å². The Morgan fingerprint density at radius 3 is 2.80 bits per heavy atom. The number of nitrogens with zero attached hydrogens (tertiary/aromatic N) is 2. The number of hydrogen-bond acceptors (Lipinski definition) is 6. The molecule has 0 atom stereocenters. The van der Waals surface area contributed by atoms with E-state index in [9.17, 15) is 5.11 Å². The number of ether oxygens (including phenoxy) is 1. The molecular formula is C14H12N2O3S. The van der Waals surface area contributed by atoms with Crippen molar-refractivity contribution in [3.8, 4) is 34.3 Å². The number of thiophene rings is 1. The van der Waals surface area contributed by atoms with Gasteiger partial charge >= 0.3 is 0 Å². The molecule has 0 spiro atoms. The smallest absolute Gasteiger partial charge is 0.262 e. The van der Waals surface area contributed by atoms with Crippen molar-refractivity contribution in [2.75, 3.05) is 7.11 Å². The average Bonchev–Trinajstić information content (AvgIpc) is 3.07. The molecule has 3 rings (SSSR count). The lowest BCUT2D eigenvalue weighted by Crippen LogP contribution is -1.86. The SMILES string of the molecule is COc1cccc(-c2nc(-c3cscc3C)no2)c1O. The molecule has 0 saturated heterocycles. The maximum atomic E-state index is 10.1. The largest absolute Gasteiger partial charge is 0.504 e. The third-order valence-corrected chi connectivity index (χ3v) is 3.83. The van der Waals surface area contributed by atoms with E-state index < -0.39 is 0 Å². The third-order valence-electron chi connectivity index (χ3n) is 2.97. The van der Waals surface area contributed by atoms with E-state index in [1.54, 1.807) is 29.5 Å². The number of para-hydroxylation sites is 1. The fourth-order valence-corrected chi connectivity index (χ4v) is 2.72. The Bertz CT molecular complexity index is 748. The van der Waals surface area contributed by atoms with Crippen molar-refractivity contribution in [2.45, 2.75) is 6.92 Å². The number of rotatable bonds is 3. The molecule has 0 fully saturated rings. The topological polar surface area (TPSA) is 68.4 Å². The maximum Gasteiger partial charge on any atom is 0.262 e. The summed E-state index contributed by atoms with van der Waals surface area (Å²) in [5, 5.41) is 18.0. The van der Waals surface area contributed by atoms with Gasteiger partial charge in [-0.25, -0.2) is 0 Å². The second kappa shape index (κ2) is 4.97. The highest BCUT2D eigenvalue weighted by molar-refractivity contribution is 7.08. The van der Waals surface area contributed by atoms with Gasteiger partial charge in [-0.3, -0.25) is 0 Å². The second-order valence-corrected chi connectivity index (χ2v) is 4.99. The summed E-state index contributed by atoms with van der Waals surface area (Å²) in [5.41, 5.74) is 2.49. The molecule has 1 aromatic carbocycles. The first-order valence-electron chi connectivity index (χ1n) is 5.94. The van der Waals surface area contributed by atoms with E-state index in [4.69, 9.17) is 9.26 Å². The van der Waals surface area contributed by atoms with Crippen molar-refractivity contribution in [3.63, 3.8) is 0 Å². The predicted octanol–water partition coefficient (Wildman–Crippen LogP) is 3.49. The first-order chi connectivity index (χ1) is 9.70. The quantitative estimate of drug-likeness (QED) is 0.799. The first kappa shape index (κ1) is 12.7. The van der Waals surface area contributed by atoms with Crippen LogP contribution in [-0.4, -0.2) is 22.4 Å². The molecule has 0 aliphatic rings. The van der Waals surface area contributed by atoms with Crippen molar-refractivity contribution >= 4 is 11.3 Å². The summed E-state index contributed by atoms with van der Waals surface area (Å²) in [6, 6.07) is 5.13. The summed E-state index contributed by atoms with van der Waals surface area (Å²) in [6.07, 6.45) is 0. The highest BCUT2D eigenvalue weighted by atomic mass is 32.1. The summed E-state index contributed by atoms with van der Waals surface area (Å²) in [7, 11) is 1.49. The van der Waals surface area contributed by atoms with Crippen LogP contribution in [-0.2, 0) is 0 Å². The Kier molecular flexibility index (Phi) is 3.15. The normalized spacial score (nSPS) is 10.7. The van der Waals surface area contributed by atoms with Crippen LogP contribution in [0.3, 0.4) is 0 Å². The van der Waals surface area contributed by atoms with E-state index in [0.29, 0.717) is 17.1 Å². The molecule has 2 aromatic heterocycles. The molecule has 2 heterocycles. The number of methoxy groups -OCH3 is 1. The van der Waals surface area contributed by atoms with Crippen LogP contribution in [0.25, 0.3) is 22.8 Å². The van der Waals surface area contributed by atoms with Crippen LogP contribution in [0, 0.1) is 6.92 Å². The van der Waals surface area contributed by atoms with E-state index in [1.165, 1.54) is 7.11 Å². The van der Waals surface area contributed by atoms with Gasteiger partial charge in [0.05, 0.1) is 12.7 Å². The molecule has 0 radical (unpaired) electrons. The van der Waals surface area contributed by atoms with Gasteiger partial charge in [-0.15, -0.1) is 0 Å². The number of phenols is 1. The van der Waals surface area contributed by atoms with Gasteiger partial charge in [0.15, 0.2) is 11.5 Å². The van der Waals surface area contributed by atoms with Gasteiger partial charge in [0.25, 0.3) is 5.89 Å². The lowest BCUT2D eigenvalue weighted by atomic mass is 10.2. The van der Waals surface area contributed by atoms with Crippen molar-refractivity contribution in [1.82, 2.24) is 10.1 Å². The molecule has 5 nitrogen and oxygen atoms in total. The van der Waals surface area contributed by atoms with Gasteiger partial charge < -0.3 is 14.4 Å². The minimum absolute atomic E-state index is 0.00718. The van der Waals surface area contributed by atoms with Crippen LogP contribution in [0.15, 0.2) is 33.5 Å². The van der Waals surface area contributed by atoms with Crippen LogP contribution in [0.4, 0.5) is 0 Å². The van der Waals surface area contributed by atoms with E-state index in [2.05, 4.69) is 10.1 Å². The first-order valence-corrected chi connectivity index (χ1v) is 6.88. The molecule has 0 aliphatic heterocycles. The second-order valence-electron chi connectivity index (χ2n) is 4.25. The molecule has 0 amide bonds. The molecular weight excluding hydrogens is 276 g/mol. The number of aromatic nitrogens is 2. The monoisotopic (exact) mass is 288 g/mol. The van der Waals surface area contributed by atoms with Crippen LogP contribution in [0.1, 0.15) is 5.56 Å². The fourth-order valence-electron chi connectivity index (χ4n) is 1.89. The molecule has 20 heavy (non-hydrogen) atoms. The van der Waals surface area contributed by atoms with Crippen molar-refractivity contribution in [1.29, 1.82) is 0 Å². The van der Waals surface area contributed by atoms with Gasteiger partial charge in [-0.1, -0.05) is 11.2 Å². The highest BCUT2D eigenvalue weighted by Gasteiger charge is 2.17. The Labute approximate surface area is 119 Å². The van der Waals surface area contributed by atoms with Crippen LogP contribution in [0.5, 0.6) is 11.5 Å². The van der Waals surface area contributed by atoms with E-state index in [0.717, 1.165) is 11.1 Å². The zero-order chi connectivity index (χ0) is 14.1. The Balaban J connectivity index is 2.05. The summed E-state index contributed by atoms with van der Waals surface area (Å²) >= 11 is 1.58. The Morgan fingerprint density at radius 2 is 2.10 bits per heavy atom. The molecule has 3 aromatic rings. The molecule has 1 N–H and O–H groups in total. The maximum absolute atomic E-state index is 10.1. The lowest BCUT2D eigenvalue weighted by molar-refractivity contribution is 0.371. The number of phenolic OH excluding ortho intramolecular Hbond substituents is 1. The van der Waals surface area contributed by atoms with Gasteiger partial charge in [0.1, 0.15) is 0 Å². The van der Waals surface area contributed by atoms with Crippen molar-refractivity contribution < 1.29 is 14.4 Å². The number of hydrogen-bond donors (Lipinski definition) is 1. The molecule has 0 unspecified atom stereocenters. The summed E-state index contributed by atoms with van der Waals surface area (Å²) in [5.74, 6) is 1.14. The summed E-state index contributed by atoms with van der Waals surface area (Å²) in [4.78, 5) is 4.33. The Hall–Kier alpha value is -2.34. The van der Waals surface area contributed by atoms with Crippen LogP contribution < -0.4 is 4.74 Å². The molecule has 102 valence electrons. The number of aromatic hydroxyl groups is 1.